The van der Waals surface area contributed by atoms with Gasteiger partial charge in [-0.05, 0) is 55.2 Å². The average Bonchev–Trinajstić information content (AvgIpc) is 2.48. The van der Waals surface area contributed by atoms with E-state index in [0.29, 0.717) is 19.4 Å². The van der Waals surface area contributed by atoms with Gasteiger partial charge < -0.3 is 15.7 Å². The van der Waals surface area contributed by atoms with Crippen LogP contribution >= 0.6 is 0 Å². The van der Waals surface area contributed by atoms with Crippen molar-refractivity contribution in [1.29, 1.82) is 0 Å². The van der Waals surface area contributed by atoms with Crippen molar-refractivity contribution < 1.29 is 14.3 Å². The fourth-order valence-corrected chi connectivity index (χ4v) is 3.32. The Kier molecular flexibility index (Phi) is 5.99. The quantitative estimate of drug-likeness (QED) is 0.780. The predicted molar refractivity (Wildman–Crippen MR) is 88.6 cm³/mol. The number of amides is 2. The van der Waals surface area contributed by atoms with Crippen LogP contribution in [0.2, 0.25) is 0 Å². The lowest BCUT2D eigenvalue weighted by molar-refractivity contribution is 0.163. The van der Waals surface area contributed by atoms with E-state index in [2.05, 4.69) is 17.6 Å². The zero-order chi connectivity index (χ0) is 17.0. The molecule has 128 valence electrons. The SMILES string of the molecule is CC(O)CC(C)CNC(=O)NC1c2cccc(F)c2CCC1C. The number of hydrogen-bond acceptors (Lipinski definition) is 2. The maximum absolute atomic E-state index is 13.9. The molecule has 0 saturated carbocycles. The topological polar surface area (TPSA) is 61.4 Å². The Morgan fingerprint density at radius 2 is 2.17 bits per heavy atom. The van der Waals surface area contributed by atoms with Crippen LogP contribution in [0.3, 0.4) is 0 Å². The van der Waals surface area contributed by atoms with Crippen LogP contribution in [0.1, 0.15) is 50.8 Å². The maximum atomic E-state index is 13.9. The Morgan fingerprint density at radius 1 is 1.43 bits per heavy atom. The van der Waals surface area contributed by atoms with E-state index in [1.807, 2.05) is 13.0 Å². The summed E-state index contributed by atoms with van der Waals surface area (Å²) in [6, 6.07) is 4.67. The number of aliphatic hydroxyl groups excluding tert-OH is 1. The van der Waals surface area contributed by atoms with Crippen molar-refractivity contribution in [3.63, 3.8) is 0 Å². The van der Waals surface area contributed by atoms with E-state index in [1.54, 1.807) is 13.0 Å². The second-order valence-corrected chi connectivity index (χ2v) is 6.85. The van der Waals surface area contributed by atoms with E-state index >= 15 is 0 Å². The van der Waals surface area contributed by atoms with E-state index in [4.69, 9.17) is 0 Å². The molecule has 0 spiro atoms. The molecule has 2 rings (SSSR count). The second kappa shape index (κ2) is 7.77. The Hall–Kier alpha value is -1.62. The molecule has 0 radical (unpaired) electrons. The fourth-order valence-electron chi connectivity index (χ4n) is 3.32. The van der Waals surface area contributed by atoms with Gasteiger partial charge in [0.2, 0.25) is 0 Å². The van der Waals surface area contributed by atoms with Gasteiger partial charge in [0, 0.05) is 6.54 Å². The fraction of sp³-hybridized carbons (Fsp3) is 0.611. The summed E-state index contributed by atoms with van der Waals surface area (Å²) in [7, 11) is 0. The smallest absolute Gasteiger partial charge is 0.315 e. The minimum atomic E-state index is -0.372. The summed E-state index contributed by atoms with van der Waals surface area (Å²) in [5, 5.41) is 15.2. The monoisotopic (exact) mass is 322 g/mol. The molecular weight excluding hydrogens is 295 g/mol. The predicted octanol–water partition coefficient (Wildman–Crippen LogP) is 3.16. The number of carbonyl (C=O) groups excluding carboxylic acids is 1. The minimum Gasteiger partial charge on any atom is -0.393 e. The summed E-state index contributed by atoms with van der Waals surface area (Å²) >= 11 is 0. The molecule has 4 unspecified atom stereocenters. The first kappa shape index (κ1) is 17.7. The van der Waals surface area contributed by atoms with E-state index in [-0.39, 0.29) is 35.8 Å². The lowest BCUT2D eigenvalue weighted by atomic mass is 9.80. The van der Waals surface area contributed by atoms with Gasteiger partial charge in [-0.15, -0.1) is 0 Å². The molecule has 4 atom stereocenters. The largest absolute Gasteiger partial charge is 0.393 e. The molecular formula is C18H27FN2O2. The molecule has 1 aromatic rings. The number of hydrogen-bond donors (Lipinski definition) is 3. The summed E-state index contributed by atoms with van der Waals surface area (Å²) in [5.41, 5.74) is 1.61. The number of fused-ring (bicyclic) bond motifs is 1. The summed E-state index contributed by atoms with van der Waals surface area (Å²) in [6.45, 7) is 6.31. The molecule has 3 N–H and O–H groups in total. The van der Waals surface area contributed by atoms with Crippen LogP contribution in [-0.2, 0) is 6.42 Å². The van der Waals surface area contributed by atoms with Gasteiger partial charge in [-0.1, -0.05) is 26.0 Å². The molecule has 0 aromatic heterocycles. The van der Waals surface area contributed by atoms with E-state index in [9.17, 15) is 14.3 Å². The van der Waals surface area contributed by atoms with Crippen LogP contribution in [0, 0.1) is 17.7 Å². The number of aliphatic hydroxyl groups is 1. The van der Waals surface area contributed by atoms with Crippen LogP contribution in [0.4, 0.5) is 9.18 Å². The first-order chi connectivity index (χ1) is 10.9. The minimum absolute atomic E-state index is 0.165. The first-order valence-electron chi connectivity index (χ1n) is 8.38. The van der Waals surface area contributed by atoms with Crippen LogP contribution < -0.4 is 10.6 Å². The Morgan fingerprint density at radius 3 is 2.87 bits per heavy atom. The Bertz CT molecular complexity index is 548. The van der Waals surface area contributed by atoms with Gasteiger partial charge in [-0.3, -0.25) is 0 Å². The third-order valence-corrected chi connectivity index (χ3v) is 4.55. The maximum Gasteiger partial charge on any atom is 0.315 e. The lowest BCUT2D eigenvalue weighted by Crippen LogP contribution is -2.43. The molecule has 1 aliphatic carbocycles. The summed E-state index contributed by atoms with van der Waals surface area (Å²) in [6.07, 6.45) is 1.85. The average molecular weight is 322 g/mol. The molecule has 0 fully saturated rings. The van der Waals surface area contributed by atoms with Crippen LogP contribution in [0.15, 0.2) is 18.2 Å². The lowest BCUT2D eigenvalue weighted by Gasteiger charge is -2.32. The van der Waals surface area contributed by atoms with Crippen molar-refractivity contribution in [3.05, 3.63) is 35.1 Å². The summed E-state index contributed by atoms with van der Waals surface area (Å²) in [5.74, 6) is 0.284. The van der Waals surface area contributed by atoms with Crippen molar-refractivity contribution in [3.8, 4) is 0 Å². The van der Waals surface area contributed by atoms with Gasteiger partial charge in [0.05, 0.1) is 12.1 Å². The van der Waals surface area contributed by atoms with Gasteiger partial charge >= 0.3 is 6.03 Å². The highest BCUT2D eigenvalue weighted by Crippen LogP contribution is 2.35. The highest BCUT2D eigenvalue weighted by Gasteiger charge is 2.29. The summed E-state index contributed by atoms with van der Waals surface area (Å²) in [4.78, 5) is 12.2. The van der Waals surface area contributed by atoms with Crippen molar-refractivity contribution in [2.45, 2.75) is 52.2 Å². The Labute approximate surface area is 137 Å². The molecule has 0 saturated heterocycles. The van der Waals surface area contributed by atoms with E-state index < -0.39 is 0 Å². The van der Waals surface area contributed by atoms with Crippen molar-refractivity contribution >= 4 is 6.03 Å². The number of benzene rings is 1. The van der Waals surface area contributed by atoms with E-state index in [1.165, 1.54) is 6.07 Å². The van der Waals surface area contributed by atoms with Crippen LogP contribution in [0.25, 0.3) is 0 Å². The van der Waals surface area contributed by atoms with Crippen molar-refractivity contribution in [2.24, 2.45) is 11.8 Å². The number of nitrogens with one attached hydrogen (secondary N) is 2. The molecule has 0 heterocycles. The molecule has 23 heavy (non-hydrogen) atoms. The molecule has 0 bridgehead atoms. The molecule has 0 aliphatic heterocycles. The summed E-state index contributed by atoms with van der Waals surface area (Å²) < 4.78 is 13.9. The van der Waals surface area contributed by atoms with Gasteiger partial charge in [-0.2, -0.15) is 0 Å². The molecule has 4 nitrogen and oxygen atoms in total. The zero-order valence-corrected chi connectivity index (χ0v) is 14.1. The normalized spacial score (nSPS) is 22.8. The first-order valence-corrected chi connectivity index (χ1v) is 8.38. The Balaban J connectivity index is 1.97. The van der Waals surface area contributed by atoms with Gasteiger partial charge in [0.1, 0.15) is 5.82 Å². The van der Waals surface area contributed by atoms with Crippen molar-refractivity contribution in [2.75, 3.05) is 6.54 Å². The molecule has 5 heteroatoms. The number of rotatable bonds is 5. The number of carbonyl (C=O) groups is 1. The molecule has 2 amide bonds. The molecule has 1 aliphatic rings. The third kappa shape index (κ3) is 4.67. The second-order valence-electron chi connectivity index (χ2n) is 6.85. The van der Waals surface area contributed by atoms with Crippen molar-refractivity contribution in [1.82, 2.24) is 10.6 Å². The highest BCUT2D eigenvalue weighted by molar-refractivity contribution is 5.74. The number of urea groups is 1. The van der Waals surface area contributed by atoms with E-state index in [0.717, 1.165) is 17.5 Å². The standard InChI is InChI=1S/C18H27FN2O2/c1-11(9-13(3)22)10-20-18(23)21-17-12(2)7-8-14-15(17)5-4-6-16(14)19/h4-6,11-13,17,22H,7-10H2,1-3H3,(H2,20,21,23). The highest BCUT2D eigenvalue weighted by atomic mass is 19.1. The van der Waals surface area contributed by atoms with Crippen LogP contribution in [-0.4, -0.2) is 23.8 Å². The van der Waals surface area contributed by atoms with Gasteiger partial charge in [-0.25, -0.2) is 9.18 Å². The van der Waals surface area contributed by atoms with Crippen LogP contribution in [0.5, 0.6) is 0 Å². The zero-order valence-electron chi connectivity index (χ0n) is 14.1. The molecule has 1 aromatic carbocycles. The third-order valence-electron chi connectivity index (χ3n) is 4.55. The number of halogens is 1. The van der Waals surface area contributed by atoms with Gasteiger partial charge in [0.25, 0.3) is 0 Å². The van der Waals surface area contributed by atoms with Gasteiger partial charge in [0.15, 0.2) is 0 Å².